The molecule has 1 aromatic rings. The first-order chi connectivity index (χ1) is 8.26. The average Bonchev–Trinajstić information content (AvgIpc) is 2.68. The number of halogens is 1. The van der Waals surface area contributed by atoms with Crippen molar-refractivity contribution in [2.45, 2.75) is 31.6 Å². The van der Waals surface area contributed by atoms with Crippen LogP contribution < -0.4 is 10.6 Å². The van der Waals surface area contributed by atoms with Gasteiger partial charge in [0, 0.05) is 25.2 Å². The van der Waals surface area contributed by atoms with Crippen molar-refractivity contribution in [3.05, 3.63) is 23.6 Å². The number of rotatable bonds is 2. The number of ether oxygens (including phenoxy) is 1. The molecule has 2 N–H and O–H groups in total. The molecule has 0 aromatic carbocycles. The van der Waals surface area contributed by atoms with Crippen LogP contribution in [0.3, 0.4) is 0 Å². The second kappa shape index (κ2) is 4.23. The molecule has 2 aliphatic heterocycles. The van der Waals surface area contributed by atoms with Crippen LogP contribution in [-0.4, -0.2) is 30.3 Å². The number of morpholine rings is 1. The summed E-state index contributed by atoms with van der Waals surface area (Å²) in [6.45, 7) is 1.98. The van der Waals surface area contributed by atoms with Gasteiger partial charge < -0.3 is 15.4 Å². The minimum absolute atomic E-state index is 0.297. The molecule has 0 aliphatic carbocycles. The van der Waals surface area contributed by atoms with Crippen LogP contribution in [0.25, 0.3) is 0 Å². The van der Waals surface area contributed by atoms with Crippen LogP contribution in [0.4, 0.5) is 10.2 Å². The largest absolute Gasteiger partial charge is 0.371 e. The number of nitrogens with zero attached hydrogens (tertiary/aromatic N) is 2. The molecule has 4 nitrogen and oxygen atoms in total. The van der Waals surface area contributed by atoms with Crippen LogP contribution in [0, 0.1) is 5.82 Å². The van der Waals surface area contributed by atoms with E-state index in [0.717, 1.165) is 37.3 Å². The highest BCUT2D eigenvalue weighted by atomic mass is 19.1. The Bertz CT molecular complexity index is 414. The van der Waals surface area contributed by atoms with Gasteiger partial charge in [0.15, 0.2) is 0 Å². The Morgan fingerprint density at radius 3 is 2.76 bits per heavy atom. The summed E-state index contributed by atoms with van der Waals surface area (Å²) in [6, 6.07) is 1.47. The molecule has 0 amide bonds. The van der Waals surface area contributed by atoms with Crippen LogP contribution in [0.1, 0.15) is 18.4 Å². The van der Waals surface area contributed by atoms with Crippen molar-refractivity contribution in [1.82, 2.24) is 4.98 Å². The number of pyridine rings is 1. The zero-order valence-electron chi connectivity index (χ0n) is 9.60. The van der Waals surface area contributed by atoms with Crippen LogP contribution in [-0.2, 0) is 11.3 Å². The van der Waals surface area contributed by atoms with Gasteiger partial charge >= 0.3 is 0 Å². The molecule has 3 rings (SSSR count). The molecule has 2 unspecified atom stereocenters. The van der Waals surface area contributed by atoms with Gasteiger partial charge in [-0.15, -0.1) is 0 Å². The Labute approximate surface area is 99.6 Å². The minimum atomic E-state index is -0.328. The second-order valence-corrected chi connectivity index (χ2v) is 4.70. The maximum absolute atomic E-state index is 13.1. The summed E-state index contributed by atoms with van der Waals surface area (Å²) in [7, 11) is 0. The number of anilines is 1. The molecule has 2 fully saturated rings. The first-order valence-electron chi connectivity index (χ1n) is 6.01. The van der Waals surface area contributed by atoms with E-state index in [1.165, 1.54) is 12.3 Å². The highest BCUT2D eigenvalue weighted by Crippen LogP contribution is 2.30. The molecule has 2 aliphatic rings. The van der Waals surface area contributed by atoms with Crippen LogP contribution >= 0.6 is 0 Å². The standard InChI is InChI=1S/C12H16FN3O/c13-9-3-8(4-14)12(15-5-9)16-6-10-1-2-11(7-16)17-10/h3,5,10-11H,1-2,4,6-7,14H2. The van der Waals surface area contributed by atoms with Gasteiger partial charge in [-0.05, 0) is 18.9 Å². The first-order valence-corrected chi connectivity index (χ1v) is 6.01. The predicted molar refractivity (Wildman–Crippen MR) is 62.2 cm³/mol. The van der Waals surface area contributed by atoms with E-state index in [-0.39, 0.29) is 5.82 Å². The number of fused-ring (bicyclic) bond motifs is 2. The number of hydrogen-bond donors (Lipinski definition) is 1. The van der Waals surface area contributed by atoms with E-state index in [1.54, 1.807) is 0 Å². The van der Waals surface area contributed by atoms with E-state index >= 15 is 0 Å². The minimum Gasteiger partial charge on any atom is -0.371 e. The lowest BCUT2D eigenvalue weighted by molar-refractivity contribution is 0.0301. The third-order valence-electron chi connectivity index (χ3n) is 3.47. The van der Waals surface area contributed by atoms with Gasteiger partial charge in [-0.3, -0.25) is 0 Å². The lowest BCUT2D eigenvalue weighted by Gasteiger charge is -2.34. The quantitative estimate of drug-likeness (QED) is 0.835. The van der Waals surface area contributed by atoms with Gasteiger partial charge in [-0.1, -0.05) is 0 Å². The Hall–Kier alpha value is -1.20. The zero-order valence-corrected chi connectivity index (χ0v) is 9.60. The molecule has 2 atom stereocenters. The van der Waals surface area contributed by atoms with Crippen LogP contribution in [0.5, 0.6) is 0 Å². The summed E-state index contributed by atoms with van der Waals surface area (Å²) in [5.41, 5.74) is 6.42. The zero-order chi connectivity index (χ0) is 11.8. The topological polar surface area (TPSA) is 51.4 Å². The highest BCUT2D eigenvalue weighted by molar-refractivity contribution is 5.47. The van der Waals surface area contributed by atoms with Crippen molar-refractivity contribution >= 4 is 5.82 Å². The summed E-state index contributed by atoms with van der Waals surface area (Å²) in [5, 5.41) is 0. The summed E-state index contributed by atoms with van der Waals surface area (Å²) in [6.07, 6.45) is 4.07. The SMILES string of the molecule is NCc1cc(F)cnc1N1CC2CCC(C1)O2. The van der Waals surface area contributed by atoms with E-state index in [1.807, 2.05) is 0 Å². The molecule has 0 radical (unpaired) electrons. The van der Waals surface area contributed by atoms with Gasteiger partial charge in [0.25, 0.3) is 0 Å². The second-order valence-electron chi connectivity index (χ2n) is 4.70. The van der Waals surface area contributed by atoms with E-state index in [0.29, 0.717) is 18.8 Å². The van der Waals surface area contributed by atoms with Gasteiger partial charge in [0.2, 0.25) is 0 Å². The van der Waals surface area contributed by atoms with Crippen molar-refractivity contribution < 1.29 is 9.13 Å². The van der Waals surface area contributed by atoms with Crippen molar-refractivity contribution in [1.29, 1.82) is 0 Å². The molecule has 0 spiro atoms. The fourth-order valence-electron chi connectivity index (χ4n) is 2.70. The smallest absolute Gasteiger partial charge is 0.141 e. The van der Waals surface area contributed by atoms with Gasteiger partial charge in [-0.25, -0.2) is 9.37 Å². The third kappa shape index (κ3) is 2.00. The van der Waals surface area contributed by atoms with E-state index in [4.69, 9.17) is 10.5 Å². The number of nitrogens with two attached hydrogens (primary N) is 1. The molecular weight excluding hydrogens is 221 g/mol. The number of hydrogen-bond acceptors (Lipinski definition) is 4. The highest BCUT2D eigenvalue weighted by Gasteiger charge is 2.34. The number of aromatic nitrogens is 1. The van der Waals surface area contributed by atoms with Crippen LogP contribution in [0.15, 0.2) is 12.3 Å². The summed E-state index contributed by atoms with van der Waals surface area (Å²) < 4.78 is 18.9. The molecule has 92 valence electrons. The maximum atomic E-state index is 13.1. The lowest BCUT2D eigenvalue weighted by Crippen LogP contribution is -2.43. The summed E-state index contributed by atoms with van der Waals surface area (Å²) in [5.74, 6) is 0.486. The van der Waals surface area contributed by atoms with Gasteiger partial charge in [0.05, 0.1) is 18.4 Å². The van der Waals surface area contributed by atoms with E-state index in [9.17, 15) is 4.39 Å². The average molecular weight is 237 g/mol. The predicted octanol–water partition coefficient (Wildman–Crippen LogP) is 1.05. The monoisotopic (exact) mass is 237 g/mol. The lowest BCUT2D eigenvalue weighted by atomic mass is 10.2. The Morgan fingerprint density at radius 1 is 1.41 bits per heavy atom. The summed E-state index contributed by atoms with van der Waals surface area (Å²) in [4.78, 5) is 6.36. The molecule has 17 heavy (non-hydrogen) atoms. The van der Waals surface area contributed by atoms with Gasteiger partial charge in [-0.2, -0.15) is 0 Å². The van der Waals surface area contributed by atoms with Crippen molar-refractivity contribution in [3.8, 4) is 0 Å². The molecule has 0 saturated carbocycles. The van der Waals surface area contributed by atoms with Crippen molar-refractivity contribution in [3.63, 3.8) is 0 Å². The van der Waals surface area contributed by atoms with E-state index < -0.39 is 0 Å². The molecule has 1 aromatic heterocycles. The Kier molecular flexibility index (Phi) is 2.72. The van der Waals surface area contributed by atoms with Crippen molar-refractivity contribution in [2.24, 2.45) is 5.73 Å². The fraction of sp³-hybridized carbons (Fsp3) is 0.583. The molecule has 2 bridgehead atoms. The maximum Gasteiger partial charge on any atom is 0.141 e. The molecular formula is C12H16FN3O. The Morgan fingerprint density at radius 2 is 2.12 bits per heavy atom. The summed E-state index contributed by atoms with van der Waals surface area (Å²) >= 11 is 0. The third-order valence-corrected chi connectivity index (χ3v) is 3.47. The van der Waals surface area contributed by atoms with Crippen molar-refractivity contribution in [2.75, 3.05) is 18.0 Å². The Balaban J connectivity index is 1.88. The first kappa shape index (κ1) is 10.9. The van der Waals surface area contributed by atoms with E-state index in [2.05, 4.69) is 9.88 Å². The molecule has 2 saturated heterocycles. The molecule has 3 heterocycles. The van der Waals surface area contributed by atoms with Crippen LogP contribution in [0.2, 0.25) is 0 Å². The normalized spacial score (nSPS) is 27.5. The fourth-order valence-corrected chi connectivity index (χ4v) is 2.70. The molecule has 5 heteroatoms. The van der Waals surface area contributed by atoms with Gasteiger partial charge in [0.1, 0.15) is 11.6 Å².